The second-order valence-electron chi connectivity index (χ2n) is 6.54. The van der Waals surface area contributed by atoms with E-state index in [0.29, 0.717) is 17.1 Å². The van der Waals surface area contributed by atoms with Crippen molar-refractivity contribution >= 4 is 44.9 Å². The highest BCUT2D eigenvalue weighted by Crippen LogP contribution is 2.25. The van der Waals surface area contributed by atoms with Gasteiger partial charge in [0, 0.05) is 17.1 Å². The smallest absolute Gasteiger partial charge is 0.263 e. The Labute approximate surface area is 172 Å². The predicted octanol–water partition coefficient (Wildman–Crippen LogP) is 4.55. The van der Waals surface area contributed by atoms with Crippen molar-refractivity contribution in [3.8, 4) is 0 Å². The molecule has 0 atom stereocenters. The van der Waals surface area contributed by atoms with E-state index in [0.717, 1.165) is 32.9 Å². The zero-order valence-electron chi connectivity index (χ0n) is 16.2. The average Bonchev–Trinajstić information content (AvgIpc) is 3.09. The van der Waals surface area contributed by atoms with Gasteiger partial charge in [-0.15, -0.1) is 17.9 Å². The molecule has 0 saturated carbocycles. The molecule has 0 aliphatic carbocycles. The van der Waals surface area contributed by atoms with Gasteiger partial charge in [-0.05, 0) is 43.5 Å². The number of aromatic nitrogens is 2. The van der Waals surface area contributed by atoms with Crippen LogP contribution in [-0.2, 0) is 17.8 Å². The van der Waals surface area contributed by atoms with E-state index in [4.69, 9.17) is 0 Å². The van der Waals surface area contributed by atoms with E-state index in [2.05, 4.69) is 23.8 Å². The van der Waals surface area contributed by atoms with Crippen LogP contribution in [0.15, 0.2) is 46.9 Å². The number of carbonyl (C=O) groups is 1. The molecule has 0 unspecified atom stereocenters. The van der Waals surface area contributed by atoms with E-state index in [-0.39, 0.29) is 17.2 Å². The van der Waals surface area contributed by atoms with Crippen molar-refractivity contribution in [2.75, 3.05) is 11.1 Å². The molecule has 0 radical (unpaired) electrons. The Hall–Kier alpha value is -2.38. The van der Waals surface area contributed by atoms with Gasteiger partial charge in [0.1, 0.15) is 4.83 Å². The molecule has 28 heavy (non-hydrogen) atoms. The number of hydrogen-bond donors (Lipinski definition) is 1. The van der Waals surface area contributed by atoms with Gasteiger partial charge in [-0.1, -0.05) is 36.9 Å². The fraction of sp³-hybridized carbons (Fsp3) is 0.286. The number of hydrogen-bond acceptors (Lipinski definition) is 5. The van der Waals surface area contributed by atoms with Crippen molar-refractivity contribution in [2.24, 2.45) is 0 Å². The molecule has 0 bridgehead atoms. The first-order valence-corrected chi connectivity index (χ1v) is 10.9. The second-order valence-corrected chi connectivity index (χ2v) is 8.60. The fourth-order valence-electron chi connectivity index (χ4n) is 2.81. The maximum absolute atomic E-state index is 12.9. The number of anilines is 1. The zero-order valence-corrected chi connectivity index (χ0v) is 17.9. The summed E-state index contributed by atoms with van der Waals surface area (Å²) in [6, 6.07) is 7.86. The van der Waals surface area contributed by atoms with E-state index >= 15 is 0 Å². The molecular weight excluding hydrogens is 390 g/mol. The van der Waals surface area contributed by atoms with Gasteiger partial charge in [0.2, 0.25) is 5.91 Å². The molecule has 0 saturated heterocycles. The zero-order chi connectivity index (χ0) is 20.3. The van der Waals surface area contributed by atoms with E-state index in [1.807, 2.05) is 38.1 Å². The van der Waals surface area contributed by atoms with E-state index in [1.54, 1.807) is 10.6 Å². The average molecular weight is 414 g/mol. The maximum atomic E-state index is 12.9. The molecule has 1 N–H and O–H groups in total. The van der Waals surface area contributed by atoms with Crippen LogP contribution in [-0.4, -0.2) is 21.2 Å². The number of aryl methyl sites for hydroxylation is 3. The number of fused-ring (bicyclic) bond motifs is 1. The molecule has 2 aromatic heterocycles. The molecule has 146 valence electrons. The van der Waals surface area contributed by atoms with Crippen LogP contribution in [0.1, 0.15) is 22.9 Å². The Balaban J connectivity index is 1.83. The van der Waals surface area contributed by atoms with Gasteiger partial charge in [0.05, 0.1) is 11.1 Å². The Kier molecular flexibility index (Phi) is 6.36. The lowest BCUT2D eigenvalue weighted by Gasteiger charge is -2.11. The molecule has 1 amide bonds. The highest BCUT2D eigenvalue weighted by molar-refractivity contribution is 7.99. The summed E-state index contributed by atoms with van der Waals surface area (Å²) in [5.41, 5.74) is 2.82. The lowest BCUT2D eigenvalue weighted by atomic mass is 10.1. The maximum Gasteiger partial charge on any atom is 0.263 e. The minimum absolute atomic E-state index is 0.0849. The molecule has 0 fully saturated rings. The van der Waals surface area contributed by atoms with Gasteiger partial charge in [-0.3, -0.25) is 14.2 Å². The minimum Gasteiger partial charge on any atom is -0.325 e. The molecule has 1 aromatic carbocycles. The Bertz CT molecular complexity index is 1100. The molecule has 7 heteroatoms. The summed E-state index contributed by atoms with van der Waals surface area (Å²) in [5.74, 6) is 0.0488. The predicted molar refractivity (Wildman–Crippen MR) is 119 cm³/mol. The number of nitrogens with one attached hydrogen (secondary N) is 1. The number of nitrogens with zero attached hydrogens (tertiary/aromatic N) is 2. The van der Waals surface area contributed by atoms with Crippen molar-refractivity contribution in [3.05, 3.63) is 63.3 Å². The van der Waals surface area contributed by atoms with E-state index in [1.165, 1.54) is 23.1 Å². The number of allylic oxidation sites excluding steroid dienone is 1. The van der Waals surface area contributed by atoms with Crippen LogP contribution in [0.3, 0.4) is 0 Å². The van der Waals surface area contributed by atoms with Crippen LogP contribution in [0.4, 0.5) is 5.69 Å². The van der Waals surface area contributed by atoms with Crippen LogP contribution in [0.2, 0.25) is 0 Å². The first-order valence-electron chi connectivity index (χ1n) is 9.07. The standard InChI is InChI=1S/C21H23N3O2S2/c1-5-9-24-20(26)16-11-15(6-2)28-19(16)23-21(24)27-12-18(25)22-17-10-13(3)7-8-14(17)4/h5,7-8,10-11H,1,6,9,12H2,2-4H3,(H,22,25). The number of rotatable bonds is 7. The van der Waals surface area contributed by atoms with E-state index in [9.17, 15) is 9.59 Å². The summed E-state index contributed by atoms with van der Waals surface area (Å²) in [7, 11) is 0. The summed E-state index contributed by atoms with van der Waals surface area (Å²) < 4.78 is 1.58. The highest BCUT2D eigenvalue weighted by atomic mass is 32.2. The van der Waals surface area contributed by atoms with Crippen LogP contribution in [0, 0.1) is 13.8 Å². The van der Waals surface area contributed by atoms with Crippen molar-refractivity contribution in [2.45, 2.75) is 38.9 Å². The van der Waals surface area contributed by atoms with Crippen molar-refractivity contribution in [1.29, 1.82) is 0 Å². The number of amides is 1. The van der Waals surface area contributed by atoms with Crippen LogP contribution < -0.4 is 10.9 Å². The lowest BCUT2D eigenvalue weighted by Crippen LogP contribution is -2.23. The molecular formula is C21H23N3O2S2. The first kappa shape index (κ1) is 20.4. The third kappa shape index (κ3) is 4.36. The van der Waals surface area contributed by atoms with Crippen molar-refractivity contribution in [1.82, 2.24) is 9.55 Å². The molecule has 3 rings (SSSR count). The van der Waals surface area contributed by atoms with Gasteiger partial charge in [-0.2, -0.15) is 0 Å². The molecule has 3 aromatic rings. The molecule has 0 aliphatic rings. The molecule has 0 aliphatic heterocycles. The number of carbonyl (C=O) groups excluding carboxylic acids is 1. The van der Waals surface area contributed by atoms with Crippen LogP contribution in [0.25, 0.3) is 10.2 Å². The van der Waals surface area contributed by atoms with Gasteiger partial charge < -0.3 is 5.32 Å². The monoisotopic (exact) mass is 413 g/mol. The van der Waals surface area contributed by atoms with Gasteiger partial charge in [0.15, 0.2) is 5.16 Å². The third-order valence-corrected chi connectivity index (χ3v) is 6.48. The van der Waals surface area contributed by atoms with Gasteiger partial charge in [-0.25, -0.2) is 4.98 Å². The number of thioether (sulfide) groups is 1. The summed E-state index contributed by atoms with van der Waals surface area (Å²) in [6.07, 6.45) is 2.53. The van der Waals surface area contributed by atoms with E-state index < -0.39 is 0 Å². The Morgan fingerprint density at radius 2 is 2.14 bits per heavy atom. The first-order chi connectivity index (χ1) is 13.4. The number of benzene rings is 1. The van der Waals surface area contributed by atoms with Gasteiger partial charge in [0.25, 0.3) is 5.56 Å². The summed E-state index contributed by atoms with van der Waals surface area (Å²) in [4.78, 5) is 31.8. The van der Waals surface area contributed by atoms with Crippen LogP contribution in [0.5, 0.6) is 0 Å². The summed E-state index contributed by atoms with van der Waals surface area (Å²) >= 11 is 2.80. The summed E-state index contributed by atoms with van der Waals surface area (Å²) in [5, 5.41) is 4.12. The molecule has 2 heterocycles. The summed E-state index contributed by atoms with van der Waals surface area (Å²) in [6.45, 7) is 10.1. The molecule has 5 nitrogen and oxygen atoms in total. The second kappa shape index (κ2) is 8.75. The SMILES string of the molecule is C=CCn1c(SCC(=O)Nc2cc(C)ccc2C)nc2sc(CC)cc2c1=O. The third-order valence-electron chi connectivity index (χ3n) is 4.33. The highest BCUT2D eigenvalue weighted by Gasteiger charge is 2.15. The van der Waals surface area contributed by atoms with Crippen LogP contribution >= 0.6 is 23.1 Å². The lowest BCUT2D eigenvalue weighted by molar-refractivity contribution is -0.113. The van der Waals surface area contributed by atoms with Crippen molar-refractivity contribution in [3.63, 3.8) is 0 Å². The Morgan fingerprint density at radius 1 is 1.36 bits per heavy atom. The Morgan fingerprint density at radius 3 is 2.86 bits per heavy atom. The largest absolute Gasteiger partial charge is 0.325 e. The van der Waals surface area contributed by atoms with Gasteiger partial charge >= 0.3 is 0 Å². The minimum atomic E-state index is -0.126. The quantitative estimate of drug-likeness (QED) is 0.350. The number of thiophene rings is 1. The topological polar surface area (TPSA) is 64.0 Å². The van der Waals surface area contributed by atoms with Crippen molar-refractivity contribution < 1.29 is 4.79 Å². The molecule has 0 spiro atoms. The fourth-order valence-corrected chi connectivity index (χ4v) is 4.63. The normalized spacial score (nSPS) is 11.0.